The molecule has 1 aliphatic rings. The molecule has 0 aromatic carbocycles. The Bertz CT molecular complexity index is 310. The molecule has 0 atom stereocenters. The Morgan fingerprint density at radius 3 is 3.12 bits per heavy atom. The van der Waals surface area contributed by atoms with E-state index >= 15 is 0 Å². The van der Waals surface area contributed by atoms with Crippen molar-refractivity contribution in [2.24, 2.45) is 5.92 Å². The molecule has 0 aliphatic heterocycles. The zero-order chi connectivity index (χ0) is 11.2. The van der Waals surface area contributed by atoms with E-state index in [1.165, 1.54) is 12.8 Å². The number of ether oxygens (including phenoxy) is 1. The molecule has 1 aliphatic carbocycles. The van der Waals surface area contributed by atoms with Gasteiger partial charge in [-0.15, -0.1) is 0 Å². The summed E-state index contributed by atoms with van der Waals surface area (Å²) in [6.45, 7) is 4.98. The highest BCUT2D eigenvalue weighted by molar-refractivity contribution is 4.85. The third-order valence-electron chi connectivity index (χ3n) is 2.50. The number of aromatic nitrogens is 2. The van der Waals surface area contributed by atoms with Crippen molar-refractivity contribution < 1.29 is 9.26 Å². The first kappa shape index (κ1) is 11.5. The maximum Gasteiger partial charge on any atom is 0.240 e. The Hall–Kier alpha value is -0.940. The summed E-state index contributed by atoms with van der Waals surface area (Å²) in [5, 5.41) is 7.16. The molecule has 0 radical (unpaired) electrons. The molecule has 0 bridgehead atoms. The molecular weight excluding hydrogens is 206 g/mol. The van der Waals surface area contributed by atoms with Gasteiger partial charge in [0.1, 0.15) is 6.61 Å². The smallest absolute Gasteiger partial charge is 0.240 e. The van der Waals surface area contributed by atoms with Gasteiger partial charge >= 0.3 is 0 Å². The monoisotopic (exact) mass is 225 g/mol. The average molecular weight is 225 g/mol. The standard InChI is InChI=1S/C11H19N3O2/c1-2-5-15-8-10-13-11(16-14-10)7-12-6-9-3-4-9/h9,12H,2-8H2,1H3. The number of hydrogen-bond acceptors (Lipinski definition) is 5. The molecule has 1 aromatic heterocycles. The molecular formula is C11H19N3O2. The molecule has 0 amide bonds. The molecule has 0 unspecified atom stereocenters. The van der Waals surface area contributed by atoms with Crippen LogP contribution < -0.4 is 5.32 Å². The largest absolute Gasteiger partial charge is 0.373 e. The van der Waals surface area contributed by atoms with Crippen LogP contribution >= 0.6 is 0 Å². The van der Waals surface area contributed by atoms with E-state index in [1.807, 2.05) is 0 Å². The summed E-state index contributed by atoms with van der Waals surface area (Å²) in [6.07, 6.45) is 3.72. The Morgan fingerprint density at radius 1 is 1.50 bits per heavy atom. The lowest BCUT2D eigenvalue weighted by molar-refractivity contribution is 0.114. The Labute approximate surface area is 95.6 Å². The fourth-order valence-electron chi connectivity index (χ4n) is 1.43. The Morgan fingerprint density at radius 2 is 2.38 bits per heavy atom. The van der Waals surface area contributed by atoms with Gasteiger partial charge in [-0.2, -0.15) is 4.98 Å². The second-order valence-corrected chi connectivity index (χ2v) is 4.23. The SMILES string of the molecule is CCCOCc1noc(CNCC2CC2)n1. The first-order chi connectivity index (χ1) is 7.88. The summed E-state index contributed by atoms with van der Waals surface area (Å²) in [5.74, 6) is 2.16. The normalized spacial score (nSPS) is 15.6. The zero-order valence-corrected chi connectivity index (χ0v) is 9.74. The minimum absolute atomic E-state index is 0.444. The van der Waals surface area contributed by atoms with E-state index in [0.717, 1.165) is 25.5 Å². The third kappa shape index (κ3) is 3.90. The lowest BCUT2D eigenvalue weighted by Gasteiger charge is -1.97. The van der Waals surface area contributed by atoms with Gasteiger partial charge in [-0.05, 0) is 31.7 Å². The molecule has 0 spiro atoms. The summed E-state index contributed by atoms with van der Waals surface area (Å²) in [7, 11) is 0. The number of nitrogens with one attached hydrogen (secondary N) is 1. The topological polar surface area (TPSA) is 60.2 Å². The minimum Gasteiger partial charge on any atom is -0.373 e. The van der Waals surface area contributed by atoms with Crippen LogP contribution in [0.3, 0.4) is 0 Å². The van der Waals surface area contributed by atoms with E-state index < -0.39 is 0 Å². The first-order valence-electron chi connectivity index (χ1n) is 5.98. The van der Waals surface area contributed by atoms with E-state index in [2.05, 4.69) is 22.4 Å². The fraction of sp³-hybridized carbons (Fsp3) is 0.818. The highest BCUT2D eigenvalue weighted by Crippen LogP contribution is 2.27. The molecule has 5 nitrogen and oxygen atoms in total. The minimum atomic E-state index is 0.444. The van der Waals surface area contributed by atoms with Crippen molar-refractivity contribution in [2.75, 3.05) is 13.2 Å². The molecule has 5 heteroatoms. The average Bonchev–Trinajstić information content (AvgIpc) is 2.99. The van der Waals surface area contributed by atoms with Crippen LogP contribution in [0.25, 0.3) is 0 Å². The van der Waals surface area contributed by atoms with Crippen molar-refractivity contribution in [2.45, 2.75) is 39.3 Å². The lowest BCUT2D eigenvalue weighted by atomic mass is 10.4. The van der Waals surface area contributed by atoms with Gasteiger partial charge in [0, 0.05) is 6.61 Å². The molecule has 1 aromatic rings. The second-order valence-electron chi connectivity index (χ2n) is 4.23. The summed E-state index contributed by atoms with van der Waals surface area (Å²) in [6, 6.07) is 0. The maximum atomic E-state index is 5.33. The molecule has 1 fully saturated rings. The van der Waals surface area contributed by atoms with Gasteiger partial charge in [-0.25, -0.2) is 0 Å². The van der Waals surface area contributed by atoms with Gasteiger partial charge in [0.15, 0.2) is 5.82 Å². The lowest BCUT2D eigenvalue weighted by Crippen LogP contribution is -2.16. The molecule has 2 rings (SSSR count). The highest BCUT2D eigenvalue weighted by Gasteiger charge is 2.20. The first-order valence-corrected chi connectivity index (χ1v) is 5.98. The van der Waals surface area contributed by atoms with Crippen molar-refractivity contribution in [3.63, 3.8) is 0 Å². The van der Waals surface area contributed by atoms with Crippen molar-refractivity contribution >= 4 is 0 Å². The highest BCUT2D eigenvalue weighted by atomic mass is 16.5. The van der Waals surface area contributed by atoms with E-state index in [1.54, 1.807) is 0 Å². The van der Waals surface area contributed by atoms with E-state index in [0.29, 0.717) is 24.9 Å². The van der Waals surface area contributed by atoms with Gasteiger partial charge in [0.25, 0.3) is 0 Å². The number of hydrogen-bond donors (Lipinski definition) is 1. The number of rotatable bonds is 8. The van der Waals surface area contributed by atoms with Crippen molar-refractivity contribution in [1.29, 1.82) is 0 Å². The molecule has 1 heterocycles. The Balaban J connectivity index is 1.64. The number of nitrogens with zero attached hydrogens (tertiary/aromatic N) is 2. The van der Waals surface area contributed by atoms with Crippen molar-refractivity contribution in [1.82, 2.24) is 15.5 Å². The zero-order valence-electron chi connectivity index (χ0n) is 9.74. The van der Waals surface area contributed by atoms with Crippen LogP contribution in [0.4, 0.5) is 0 Å². The van der Waals surface area contributed by atoms with Crippen LogP contribution in [-0.4, -0.2) is 23.3 Å². The summed E-state index contributed by atoms with van der Waals surface area (Å²) in [5.41, 5.74) is 0. The fourth-order valence-corrected chi connectivity index (χ4v) is 1.43. The molecule has 1 saturated carbocycles. The van der Waals surface area contributed by atoms with Crippen LogP contribution in [0.2, 0.25) is 0 Å². The van der Waals surface area contributed by atoms with Crippen LogP contribution in [0, 0.1) is 5.92 Å². The van der Waals surface area contributed by atoms with Gasteiger partial charge < -0.3 is 14.6 Å². The van der Waals surface area contributed by atoms with E-state index in [9.17, 15) is 0 Å². The molecule has 90 valence electrons. The van der Waals surface area contributed by atoms with E-state index in [-0.39, 0.29) is 0 Å². The molecule has 0 saturated heterocycles. The second kappa shape index (κ2) is 5.96. The quantitative estimate of drug-likeness (QED) is 0.679. The van der Waals surface area contributed by atoms with Gasteiger partial charge in [-0.3, -0.25) is 0 Å². The van der Waals surface area contributed by atoms with E-state index in [4.69, 9.17) is 9.26 Å². The van der Waals surface area contributed by atoms with Crippen LogP contribution in [0.1, 0.15) is 37.9 Å². The van der Waals surface area contributed by atoms with Gasteiger partial charge in [-0.1, -0.05) is 12.1 Å². The molecule has 1 N–H and O–H groups in total. The van der Waals surface area contributed by atoms with Crippen molar-refractivity contribution in [3.8, 4) is 0 Å². The summed E-state index contributed by atoms with van der Waals surface area (Å²) >= 11 is 0. The van der Waals surface area contributed by atoms with Crippen LogP contribution in [-0.2, 0) is 17.9 Å². The predicted molar refractivity (Wildman–Crippen MR) is 58.7 cm³/mol. The van der Waals surface area contributed by atoms with Gasteiger partial charge in [0.2, 0.25) is 5.89 Å². The predicted octanol–water partition coefficient (Wildman–Crippen LogP) is 1.50. The van der Waals surface area contributed by atoms with Crippen molar-refractivity contribution in [3.05, 3.63) is 11.7 Å². The van der Waals surface area contributed by atoms with Gasteiger partial charge in [0.05, 0.1) is 6.54 Å². The third-order valence-corrected chi connectivity index (χ3v) is 2.50. The van der Waals surface area contributed by atoms with Crippen LogP contribution in [0.15, 0.2) is 4.52 Å². The summed E-state index contributed by atoms with van der Waals surface area (Å²) in [4.78, 5) is 4.23. The van der Waals surface area contributed by atoms with Crippen LogP contribution in [0.5, 0.6) is 0 Å². The Kier molecular flexibility index (Phi) is 4.30. The summed E-state index contributed by atoms with van der Waals surface area (Å²) < 4.78 is 10.4. The maximum absolute atomic E-state index is 5.33. The molecule has 16 heavy (non-hydrogen) atoms.